The number of nitrogens with one attached hydrogen (secondary N) is 2. The van der Waals surface area contributed by atoms with Crippen molar-refractivity contribution in [1.82, 2.24) is 15.5 Å². The van der Waals surface area contributed by atoms with Crippen molar-refractivity contribution in [3.8, 4) is 0 Å². The van der Waals surface area contributed by atoms with E-state index in [1.165, 1.54) is 5.56 Å². The summed E-state index contributed by atoms with van der Waals surface area (Å²) >= 11 is 0. The lowest BCUT2D eigenvalue weighted by atomic mass is 10.1. The highest BCUT2D eigenvalue weighted by atomic mass is 16.5. The molecule has 1 aromatic carbocycles. The molecule has 1 fully saturated rings. The van der Waals surface area contributed by atoms with Crippen LogP contribution < -0.4 is 10.6 Å². The standard InChI is InChI=1S/C19H32N4O/c1-16(23-12-13-24-15-17(23)2)14-22-19(20-3)21-11-7-10-18-8-5-4-6-9-18/h4-6,8-9,16-17H,7,10-15H2,1-3H3,(H2,20,21,22). The van der Waals surface area contributed by atoms with E-state index in [9.17, 15) is 0 Å². The maximum absolute atomic E-state index is 5.51. The summed E-state index contributed by atoms with van der Waals surface area (Å²) < 4.78 is 5.51. The van der Waals surface area contributed by atoms with E-state index in [-0.39, 0.29) is 0 Å². The molecule has 5 heteroatoms. The second-order valence-corrected chi connectivity index (χ2v) is 6.48. The van der Waals surface area contributed by atoms with Gasteiger partial charge in [-0.05, 0) is 32.3 Å². The van der Waals surface area contributed by atoms with Gasteiger partial charge in [-0.25, -0.2) is 0 Å². The highest BCUT2D eigenvalue weighted by molar-refractivity contribution is 5.79. The van der Waals surface area contributed by atoms with E-state index < -0.39 is 0 Å². The topological polar surface area (TPSA) is 48.9 Å². The summed E-state index contributed by atoms with van der Waals surface area (Å²) in [6.07, 6.45) is 2.19. The van der Waals surface area contributed by atoms with Gasteiger partial charge < -0.3 is 15.4 Å². The van der Waals surface area contributed by atoms with Crippen molar-refractivity contribution >= 4 is 5.96 Å². The SMILES string of the molecule is CN=C(NCCCc1ccccc1)NCC(C)N1CCOCC1C. The maximum Gasteiger partial charge on any atom is 0.191 e. The molecular formula is C19H32N4O. The number of guanidine groups is 1. The molecule has 0 amide bonds. The lowest BCUT2D eigenvalue weighted by Gasteiger charge is -2.38. The van der Waals surface area contributed by atoms with Crippen LogP contribution in [0.15, 0.2) is 35.3 Å². The highest BCUT2D eigenvalue weighted by Crippen LogP contribution is 2.10. The van der Waals surface area contributed by atoms with Crippen LogP contribution in [0.4, 0.5) is 0 Å². The molecule has 2 N–H and O–H groups in total. The van der Waals surface area contributed by atoms with Crippen LogP contribution in [0.1, 0.15) is 25.8 Å². The van der Waals surface area contributed by atoms with Crippen molar-refractivity contribution in [2.24, 2.45) is 4.99 Å². The van der Waals surface area contributed by atoms with Crippen LogP contribution >= 0.6 is 0 Å². The lowest BCUT2D eigenvalue weighted by Crippen LogP contribution is -2.53. The van der Waals surface area contributed by atoms with Crippen molar-refractivity contribution in [3.05, 3.63) is 35.9 Å². The third-order valence-corrected chi connectivity index (χ3v) is 4.55. The minimum Gasteiger partial charge on any atom is -0.379 e. The van der Waals surface area contributed by atoms with Gasteiger partial charge in [-0.15, -0.1) is 0 Å². The Labute approximate surface area is 146 Å². The zero-order chi connectivity index (χ0) is 17.2. The Kier molecular flexibility index (Phi) is 8.05. The second kappa shape index (κ2) is 10.3. The fraction of sp³-hybridized carbons (Fsp3) is 0.632. The largest absolute Gasteiger partial charge is 0.379 e. The summed E-state index contributed by atoms with van der Waals surface area (Å²) in [5, 5.41) is 6.85. The molecule has 0 aliphatic carbocycles. The van der Waals surface area contributed by atoms with Gasteiger partial charge in [0.15, 0.2) is 5.96 Å². The summed E-state index contributed by atoms with van der Waals surface area (Å²) in [7, 11) is 1.83. The van der Waals surface area contributed by atoms with Crippen LogP contribution in [0.5, 0.6) is 0 Å². The van der Waals surface area contributed by atoms with Crippen LogP contribution in [0, 0.1) is 0 Å². The van der Waals surface area contributed by atoms with Gasteiger partial charge in [0.25, 0.3) is 0 Å². The number of nitrogens with zero attached hydrogens (tertiary/aromatic N) is 2. The van der Waals surface area contributed by atoms with Gasteiger partial charge in [0.2, 0.25) is 0 Å². The van der Waals surface area contributed by atoms with Crippen LogP contribution in [-0.4, -0.2) is 62.8 Å². The quantitative estimate of drug-likeness (QED) is 0.455. The van der Waals surface area contributed by atoms with Crippen molar-refractivity contribution in [1.29, 1.82) is 0 Å². The van der Waals surface area contributed by atoms with Crippen LogP contribution in [0.25, 0.3) is 0 Å². The molecule has 0 aromatic heterocycles. The van der Waals surface area contributed by atoms with Gasteiger partial charge in [0, 0.05) is 38.8 Å². The Hall–Kier alpha value is -1.59. The lowest BCUT2D eigenvalue weighted by molar-refractivity contribution is -0.0174. The van der Waals surface area contributed by atoms with Gasteiger partial charge in [0.05, 0.1) is 13.2 Å². The first-order chi connectivity index (χ1) is 11.7. The minimum absolute atomic E-state index is 0.465. The molecule has 2 unspecified atom stereocenters. The first-order valence-electron chi connectivity index (χ1n) is 9.02. The smallest absolute Gasteiger partial charge is 0.191 e. The van der Waals surface area contributed by atoms with Crippen molar-refractivity contribution in [2.45, 2.75) is 38.8 Å². The molecule has 0 spiro atoms. The first kappa shape index (κ1) is 18.7. The number of ether oxygens (including phenoxy) is 1. The second-order valence-electron chi connectivity index (χ2n) is 6.48. The fourth-order valence-corrected chi connectivity index (χ4v) is 3.12. The third kappa shape index (κ3) is 6.13. The summed E-state index contributed by atoms with van der Waals surface area (Å²) in [5.74, 6) is 0.885. The van der Waals surface area contributed by atoms with Crippen LogP contribution in [0.2, 0.25) is 0 Å². The molecule has 2 rings (SSSR count). The number of aryl methyl sites for hydroxylation is 1. The highest BCUT2D eigenvalue weighted by Gasteiger charge is 2.23. The number of aliphatic imine (C=N–C) groups is 1. The van der Waals surface area contributed by atoms with E-state index in [1.54, 1.807) is 0 Å². The molecular weight excluding hydrogens is 300 g/mol. The molecule has 1 saturated heterocycles. The van der Waals surface area contributed by atoms with Gasteiger partial charge in [-0.3, -0.25) is 9.89 Å². The fourth-order valence-electron chi connectivity index (χ4n) is 3.12. The number of hydrogen-bond acceptors (Lipinski definition) is 3. The molecule has 2 atom stereocenters. The number of benzene rings is 1. The van der Waals surface area contributed by atoms with Crippen molar-refractivity contribution in [2.75, 3.05) is 39.9 Å². The molecule has 1 aliphatic heterocycles. The van der Waals surface area contributed by atoms with E-state index in [0.29, 0.717) is 12.1 Å². The van der Waals surface area contributed by atoms with Gasteiger partial charge >= 0.3 is 0 Å². The summed E-state index contributed by atoms with van der Waals surface area (Å²) in [6.45, 7) is 8.98. The average molecular weight is 332 g/mol. The predicted molar refractivity (Wildman–Crippen MR) is 101 cm³/mol. The molecule has 1 aromatic rings. The molecule has 1 heterocycles. The Morgan fingerprint density at radius 2 is 2.12 bits per heavy atom. The monoisotopic (exact) mass is 332 g/mol. The predicted octanol–water partition coefficient (Wildman–Crippen LogP) is 1.89. The Morgan fingerprint density at radius 3 is 2.83 bits per heavy atom. The van der Waals surface area contributed by atoms with Crippen LogP contribution in [-0.2, 0) is 11.2 Å². The average Bonchev–Trinajstić information content (AvgIpc) is 2.62. The van der Waals surface area contributed by atoms with Crippen molar-refractivity contribution < 1.29 is 4.74 Å². The maximum atomic E-state index is 5.51. The zero-order valence-electron chi connectivity index (χ0n) is 15.3. The van der Waals surface area contributed by atoms with Gasteiger partial charge in [-0.1, -0.05) is 30.3 Å². The summed E-state index contributed by atoms with van der Waals surface area (Å²) in [5.41, 5.74) is 1.39. The summed E-state index contributed by atoms with van der Waals surface area (Å²) in [6, 6.07) is 11.6. The number of hydrogen-bond donors (Lipinski definition) is 2. The Balaban J connectivity index is 1.64. The van der Waals surface area contributed by atoms with Crippen molar-refractivity contribution in [3.63, 3.8) is 0 Å². The molecule has 0 radical (unpaired) electrons. The molecule has 134 valence electrons. The van der Waals surface area contributed by atoms with E-state index in [2.05, 4.69) is 64.7 Å². The molecule has 5 nitrogen and oxygen atoms in total. The molecule has 0 bridgehead atoms. The molecule has 1 aliphatic rings. The summed E-state index contributed by atoms with van der Waals surface area (Å²) in [4.78, 5) is 6.82. The van der Waals surface area contributed by atoms with E-state index in [1.807, 2.05) is 7.05 Å². The molecule has 0 saturated carbocycles. The normalized spacial score (nSPS) is 20.6. The van der Waals surface area contributed by atoms with E-state index in [0.717, 1.165) is 51.6 Å². The van der Waals surface area contributed by atoms with Gasteiger partial charge in [-0.2, -0.15) is 0 Å². The minimum atomic E-state index is 0.465. The Bertz CT molecular complexity index is 491. The molecule has 24 heavy (non-hydrogen) atoms. The zero-order valence-corrected chi connectivity index (χ0v) is 15.3. The van der Waals surface area contributed by atoms with Crippen LogP contribution in [0.3, 0.4) is 0 Å². The third-order valence-electron chi connectivity index (χ3n) is 4.55. The number of morpholine rings is 1. The number of rotatable bonds is 7. The van der Waals surface area contributed by atoms with E-state index >= 15 is 0 Å². The first-order valence-corrected chi connectivity index (χ1v) is 9.02. The Morgan fingerprint density at radius 1 is 1.33 bits per heavy atom. The van der Waals surface area contributed by atoms with E-state index in [4.69, 9.17) is 4.74 Å². The van der Waals surface area contributed by atoms with Gasteiger partial charge in [0.1, 0.15) is 0 Å².